The number of anilines is 2. The first-order chi connectivity index (χ1) is 14.5. The van der Waals surface area contributed by atoms with Gasteiger partial charge in [-0.05, 0) is 36.4 Å². The monoisotopic (exact) mass is 400 g/mol. The summed E-state index contributed by atoms with van der Waals surface area (Å²) in [5.74, 6) is 0.976. The van der Waals surface area contributed by atoms with Gasteiger partial charge in [0.25, 0.3) is 0 Å². The molecule has 2 aromatic carbocycles. The van der Waals surface area contributed by atoms with Crippen LogP contribution in [0.1, 0.15) is 15.9 Å². The summed E-state index contributed by atoms with van der Waals surface area (Å²) in [5.41, 5.74) is 4.80. The number of benzene rings is 2. The molecule has 0 saturated heterocycles. The van der Waals surface area contributed by atoms with Gasteiger partial charge in [0.05, 0.1) is 23.7 Å². The molecule has 0 spiro atoms. The van der Waals surface area contributed by atoms with Gasteiger partial charge < -0.3 is 18.6 Å². The van der Waals surface area contributed by atoms with E-state index in [0.29, 0.717) is 22.6 Å². The molecule has 0 aliphatic carbocycles. The van der Waals surface area contributed by atoms with Crippen molar-refractivity contribution in [1.82, 2.24) is 0 Å². The Hall–Kier alpha value is -3.73. The highest BCUT2D eigenvalue weighted by atomic mass is 16.3. The Labute approximate surface area is 176 Å². The van der Waals surface area contributed by atoms with Gasteiger partial charge in [0.15, 0.2) is 0 Å². The molecular weight excluding hydrogens is 376 g/mol. The van der Waals surface area contributed by atoms with E-state index in [-0.39, 0.29) is 5.78 Å². The predicted molar refractivity (Wildman–Crippen MR) is 120 cm³/mol. The van der Waals surface area contributed by atoms with Crippen molar-refractivity contribution in [2.24, 2.45) is 0 Å². The predicted octanol–water partition coefficient (Wildman–Crippen LogP) is 5.57. The Morgan fingerprint density at radius 2 is 1.10 bits per heavy atom. The van der Waals surface area contributed by atoms with E-state index in [1.54, 1.807) is 24.7 Å². The Bertz CT molecular complexity index is 1090. The van der Waals surface area contributed by atoms with Gasteiger partial charge in [0.2, 0.25) is 5.78 Å². The van der Waals surface area contributed by atoms with Gasteiger partial charge in [0, 0.05) is 50.7 Å². The van der Waals surface area contributed by atoms with Crippen molar-refractivity contribution in [2.75, 3.05) is 38.0 Å². The maximum atomic E-state index is 13.5. The maximum absolute atomic E-state index is 13.5. The van der Waals surface area contributed by atoms with Crippen LogP contribution in [0.25, 0.3) is 22.6 Å². The molecule has 4 rings (SSSR count). The van der Waals surface area contributed by atoms with Crippen molar-refractivity contribution < 1.29 is 13.6 Å². The summed E-state index contributed by atoms with van der Waals surface area (Å²) in [6.45, 7) is 0. The summed E-state index contributed by atoms with van der Waals surface area (Å²) < 4.78 is 11.4. The van der Waals surface area contributed by atoms with Crippen molar-refractivity contribution in [1.29, 1.82) is 0 Å². The van der Waals surface area contributed by atoms with E-state index in [4.69, 9.17) is 8.83 Å². The first-order valence-electron chi connectivity index (χ1n) is 9.71. The fourth-order valence-corrected chi connectivity index (χ4v) is 3.42. The molecule has 152 valence electrons. The Kier molecular flexibility index (Phi) is 5.19. The summed E-state index contributed by atoms with van der Waals surface area (Å²) in [6, 6.07) is 19.3. The third-order valence-corrected chi connectivity index (χ3v) is 5.07. The molecule has 0 atom stereocenters. The molecule has 0 bridgehead atoms. The van der Waals surface area contributed by atoms with E-state index in [9.17, 15) is 4.79 Å². The second-order valence-electron chi connectivity index (χ2n) is 7.55. The van der Waals surface area contributed by atoms with Crippen LogP contribution in [0.15, 0.2) is 82.0 Å². The number of ketones is 1. The highest BCUT2D eigenvalue weighted by Gasteiger charge is 2.23. The fourth-order valence-electron chi connectivity index (χ4n) is 3.42. The fraction of sp³-hybridized carbons (Fsp3) is 0.160. The summed E-state index contributed by atoms with van der Waals surface area (Å²) >= 11 is 0. The average molecular weight is 400 g/mol. The van der Waals surface area contributed by atoms with Crippen molar-refractivity contribution in [3.05, 3.63) is 84.3 Å². The van der Waals surface area contributed by atoms with Crippen LogP contribution in [-0.2, 0) is 0 Å². The lowest BCUT2D eigenvalue weighted by molar-refractivity contribution is 0.103. The second kappa shape index (κ2) is 7.95. The molecular formula is C25H24N2O3. The third-order valence-electron chi connectivity index (χ3n) is 5.07. The largest absolute Gasteiger partial charge is 0.464 e. The van der Waals surface area contributed by atoms with E-state index in [2.05, 4.69) is 0 Å². The number of nitrogens with zero attached hydrogens (tertiary/aromatic N) is 2. The highest BCUT2D eigenvalue weighted by molar-refractivity contribution is 6.15. The molecule has 0 aliphatic heterocycles. The van der Waals surface area contributed by atoms with Crippen LogP contribution in [0.4, 0.5) is 11.4 Å². The van der Waals surface area contributed by atoms with Crippen molar-refractivity contribution >= 4 is 17.2 Å². The molecule has 4 aromatic rings. The number of hydrogen-bond acceptors (Lipinski definition) is 5. The lowest BCUT2D eigenvalue weighted by Gasteiger charge is -2.14. The van der Waals surface area contributed by atoms with Gasteiger partial charge in [0.1, 0.15) is 11.5 Å². The summed E-state index contributed by atoms with van der Waals surface area (Å²) in [7, 11) is 7.92. The standard InChI is InChI=1S/C25H24N2O3/c1-26(2)19-9-5-7-17(15-19)24-21(11-13-29-24)23(28)22-12-14-30-25(22)18-8-6-10-20(16-18)27(3)4/h5-16H,1-4H3. The van der Waals surface area contributed by atoms with Gasteiger partial charge in [-0.3, -0.25) is 4.79 Å². The van der Waals surface area contributed by atoms with Crippen LogP contribution >= 0.6 is 0 Å². The first kappa shape index (κ1) is 19.6. The van der Waals surface area contributed by atoms with Crippen LogP contribution < -0.4 is 9.80 Å². The zero-order chi connectivity index (χ0) is 21.3. The molecule has 0 unspecified atom stereocenters. The summed E-state index contributed by atoms with van der Waals surface area (Å²) in [6.07, 6.45) is 3.11. The molecule has 5 heteroatoms. The second-order valence-corrected chi connectivity index (χ2v) is 7.55. The zero-order valence-electron chi connectivity index (χ0n) is 17.5. The Balaban J connectivity index is 1.74. The minimum Gasteiger partial charge on any atom is -0.464 e. The maximum Gasteiger partial charge on any atom is 0.200 e. The number of rotatable bonds is 6. The van der Waals surface area contributed by atoms with Gasteiger partial charge in [-0.15, -0.1) is 0 Å². The highest BCUT2D eigenvalue weighted by Crippen LogP contribution is 2.33. The summed E-state index contributed by atoms with van der Waals surface area (Å²) in [5, 5.41) is 0. The quantitative estimate of drug-likeness (QED) is 0.396. The first-order valence-corrected chi connectivity index (χ1v) is 9.71. The van der Waals surface area contributed by atoms with Crippen LogP contribution in [0.2, 0.25) is 0 Å². The molecule has 30 heavy (non-hydrogen) atoms. The summed E-state index contributed by atoms with van der Waals surface area (Å²) in [4.78, 5) is 17.5. The molecule has 0 N–H and O–H groups in total. The lowest BCUT2D eigenvalue weighted by atomic mass is 9.98. The minimum atomic E-state index is -0.131. The topological polar surface area (TPSA) is 49.8 Å². The van der Waals surface area contributed by atoms with Gasteiger partial charge in [-0.1, -0.05) is 24.3 Å². The molecule has 0 saturated carbocycles. The van der Waals surface area contributed by atoms with E-state index < -0.39 is 0 Å². The molecule has 0 fully saturated rings. The van der Waals surface area contributed by atoms with Gasteiger partial charge in [-0.2, -0.15) is 0 Å². The minimum absolute atomic E-state index is 0.131. The molecule has 0 amide bonds. The number of carbonyl (C=O) groups excluding carboxylic acids is 1. The van der Waals surface area contributed by atoms with Crippen LogP contribution in [0.3, 0.4) is 0 Å². The van der Waals surface area contributed by atoms with Gasteiger partial charge >= 0.3 is 0 Å². The van der Waals surface area contributed by atoms with E-state index in [1.165, 1.54) is 0 Å². The number of hydrogen-bond donors (Lipinski definition) is 0. The SMILES string of the molecule is CN(C)c1cccc(-c2occc2C(=O)c2ccoc2-c2cccc(N(C)C)c2)c1. The average Bonchev–Trinajstić information content (AvgIpc) is 3.43. The molecule has 0 aliphatic rings. The lowest BCUT2D eigenvalue weighted by Crippen LogP contribution is -2.08. The van der Waals surface area contributed by atoms with Crippen LogP contribution in [-0.4, -0.2) is 34.0 Å². The van der Waals surface area contributed by atoms with Gasteiger partial charge in [-0.25, -0.2) is 0 Å². The van der Waals surface area contributed by atoms with Crippen LogP contribution in [0, 0.1) is 0 Å². The smallest absolute Gasteiger partial charge is 0.200 e. The third kappa shape index (κ3) is 3.62. The molecule has 5 nitrogen and oxygen atoms in total. The van der Waals surface area contributed by atoms with Crippen molar-refractivity contribution in [3.63, 3.8) is 0 Å². The number of furan rings is 2. The molecule has 2 heterocycles. The molecule has 2 aromatic heterocycles. The van der Waals surface area contributed by atoms with E-state index >= 15 is 0 Å². The van der Waals surface area contributed by atoms with E-state index in [1.807, 2.05) is 86.5 Å². The van der Waals surface area contributed by atoms with Crippen molar-refractivity contribution in [3.8, 4) is 22.6 Å². The molecule has 0 radical (unpaired) electrons. The number of carbonyl (C=O) groups is 1. The van der Waals surface area contributed by atoms with E-state index in [0.717, 1.165) is 22.5 Å². The zero-order valence-corrected chi connectivity index (χ0v) is 17.5. The van der Waals surface area contributed by atoms with Crippen LogP contribution in [0.5, 0.6) is 0 Å². The van der Waals surface area contributed by atoms with Crippen molar-refractivity contribution in [2.45, 2.75) is 0 Å². The Morgan fingerprint density at radius 1 is 0.667 bits per heavy atom. The Morgan fingerprint density at radius 3 is 1.50 bits per heavy atom. The normalized spacial score (nSPS) is 10.8.